The zero-order valence-electron chi connectivity index (χ0n) is 6.82. The van der Waals surface area contributed by atoms with Crippen LogP contribution in [-0.2, 0) is 10.5 Å². The van der Waals surface area contributed by atoms with Crippen LogP contribution in [0.15, 0.2) is 30.3 Å². The number of hydrogen-bond acceptors (Lipinski definition) is 3. The summed E-state index contributed by atoms with van der Waals surface area (Å²) in [6.07, 6.45) is 0. The number of hydrogen-bond donors (Lipinski definition) is 2. The van der Waals surface area contributed by atoms with Gasteiger partial charge in [-0.2, -0.15) is 0 Å². The summed E-state index contributed by atoms with van der Waals surface area (Å²) in [6.45, 7) is 1.26. The maximum atomic E-state index is 10.9. The summed E-state index contributed by atoms with van der Waals surface area (Å²) in [4.78, 5) is 10.9. The maximum absolute atomic E-state index is 10.9. The summed E-state index contributed by atoms with van der Waals surface area (Å²) in [6, 6.07) is 8.45. The van der Waals surface area contributed by atoms with Gasteiger partial charge in [0.05, 0.1) is 0 Å². The van der Waals surface area contributed by atoms with Crippen molar-refractivity contribution < 1.29 is 9.90 Å². The van der Waals surface area contributed by atoms with Crippen molar-refractivity contribution in [1.82, 2.24) is 0 Å². The first-order valence-corrected chi connectivity index (χ1v) is 3.63. The summed E-state index contributed by atoms with van der Waals surface area (Å²) < 4.78 is 0. The third kappa shape index (κ3) is 1.52. The Morgan fingerprint density at radius 1 is 1.42 bits per heavy atom. The van der Waals surface area contributed by atoms with Crippen molar-refractivity contribution in [1.29, 1.82) is 0 Å². The average Bonchev–Trinajstić information content (AvgIpc) is 2.06. The monoisotopic (exact) mass is 165 g/mol. The van der Waals surface area contributed by atoms with E-state index in [0.29, 0.717) is 5.56 Å². The predicted octanol–water partition coefficient (Wildman–Crippen LogP) is 0.379. The topological polar surface area (TPSA) is 63.3 Å². The lowest BCUT2D eigenvalue weighted by Crippen LogP contribution is -2.43. The molecule has 3 nitrogen and oxygen atoms in total. The van der Waals surface area contributed by atoms with Crippen LogP contribution in [0.5, 0.6) is 0 Å². The highest BCUT2D eigenvalue weighted by molar-refractivity contribution is 5.85. The maximum Gasteiger partial charge on any atom is 0.199 e. The number of ketones is 1. The van der Waals surface area contributed by atoms with Gasteiger partial charge in [0, 0.05) is 5.56 Å². The van der Waals surface area contributed by atoms with Crippen LogP contribution in [0.2, 0.25) is 0 Å². The molecule has 0 fully saturated rings. The van der Waals surface area contributed by atoms with Gasteiger partial charge in [-0.15, -0.1) is 0 Å². The van der Waals surface area contributed by atoms with Crippen LogP contribution in [0.1, 0.15) is 12.5 Å². The Morgan fingerprint density at radius 2 is 1.92 bits per heavy atom. The standard InChI is InChI=1S/C9H11NO2/c1-7(11)9(10,12)8-5-3-2-4-6-8/h2-6,12H,10H2,1H3/t9-/m0/s1. The summed E-state index contributed by atoms with van der Waals surface area (Å²) in [5, 5.41) is 9.49. The molecule has 0 heterocycles. The van der Waals surface area contributed by atoms with Crippen LogP contribution in [0.25, 0.3) is 0 Å². The van der Waals surface area contributed by atoms with E-state index >= 15 is 0 Å². The van der Waals surface area contributed by atoms with E-state index in [2.05, 4.69) is 0 Å². The molecule has 0 amide bonds. The van der Waals surface area contributed by atoms with Gasteiger partial charge in [0.25, 0.3) is 0 Å². The summed E-state index contributed by atoms with van der Waals surface area (Å²) >= 11 is 0. The first-order valence-electron chi connectivity index (χ1n) is 3.63. The Balaban J connectivity index is 3.06. The quantitative estimate of drug-likeness (QED) is 0.623. The second-order valence-electron chi connectivity index (χ2n) is 2.69. The Kier molecular flexibility index (Phi) is 2.26. The summed E-state index contributed by atoms with van der Waals surface area (Å²) in [5.74, 6) is -0.464. The number of aliphatic hydroxyl groups is 1. The first kappa shape index (κ1) is 8.90. The van der Waals surface area contributed by atoms with Crippen molar-refractivity contribution in [2.75, 3.05) is 0 Å². The molecule has 0 aliphatic heterocycles. The molecule has 0 unspecified atom stereocenters. The van der Waals surface area contributed by atoms with Crippen LogP contribution >= 0.6 is 0 Å². The molecule has 64 valence electrons. The molecule has 0 aliphatic carbocycles. The van der Waals surface area contributed by atoms with Crippen molar-refractivity contribution in [3.63, 3.8) is 0 Å². The normalized spacial score (nSPS) is 15.2. The number of carbonyl (C=O) groups excluding carboxylic acids is 1. The van der Waals surface area contributed by atoms with Crippen molar-refractivity contribution in [3.05, 3.63) is 35.9 Å². The van der Waals surface area contributed by atoms with Crippen LogP contribution in [0.3, 0.4) is 0 Å². The molecule has 0 bridgehead atoms. The molecule has 0 saturated heterocycles. The molecular weight excluding hydrogens is 154 g/mol. The van der Waals surface area contributed by atoms with E-state index < -0.39 is 11.5 Å². The highest BCUT2D eigenvalue weighted by atomic mass is 16.3. The van der Waals surface area contributed by atoms with Gasteiger partial charge < -0.3 is 5.11 Å². The fourth-order valence-electron chi connectivity index (χ4n) is 0.896. The molecule has 1 atom stereocenters. The van der Waals surface area contributed by atoms with Gasteiger partial charge in [-0.25, -0.2) is 0 Å². The van der Waals surface area contributed by atoms with E-state index in [1.54, 1.807) is 30.3 Å². The van der Waals surface area contributed by atoms with Gasteiger partial charge in [-0.05, 0) is 6.92 Å². The zero-order chi connectivity index (χ0) is 9.19. The zero-order valence-corrected chi connectivity index (χ0v) is 6.82. The number of nitrogens with two attached hydrogens (primary N) is 1. The molecule has 1 aromatic rings. The lowest BCUT2D eigenvalue weighted by Gasteiger charge is -2.19. The minimum atomic E-state index is -1.85. The molecule has 0 saturated carbocycles. The number of rotatable bonds is 2. The van der Waals surface area contributed by atoms with E-state index in [1.165, 1.54) is 6.92 Å². The van der Waals surface area contributed by atoms with Crippen LogP contribution in [0.4, 0.5) is 0 Å². The molecule has 3 heteroatoms. The van der Waals surface area contributed by atoms with Crippen LogP contribution < -0.4 is 5.73 Å². The Labute approximate surface area is 70.8 Å². The molecule has 0 aromatic heterocycles. The van der Waals surface area contributed by atoms with Gasteiger partial charge >= 0.3 is 0 Å². The van der Waals surface area contributed by atoms with E-state index in [-0.39, 0.29) is 0 Å². The molecule has 0 aliphatic rings. The van der Waals surface area contributed by atoms with Gasteiger partial charge in [-0.3, -0.25) is 10.5 Å². The lowest BCUT2D eigenvalue weighted by molar-refractivity contribution is -0.135. The first-order chi connectivity index (χ1) is 5.55. The predicted molar refractivity (Wildman–Crippen MR) is 45.2 cm³/mol. The average molecular weight is 165 g/mol. The third-order valence-corrected chi connectivity index (χ3v) is 1.75. The van der Waals surface area contributed by atoms with Crippen LogP contribution in [-0.4, -0.2) is 10.9 Å². The smallest absolute Gasteiger partial charge is 0.199 e. The molecular formula is C9H11NO2. The van der Waals surface area contributed by atoms with Crippen molar-refractivity contribution >= 4 is 5.78 Å². The largest absolute Gasteiger partial charge is 0.365 e. The van der Waals surface area contributed by atoms with Gasteiger partial charge in [0.2, 0.25) is 0 Å². The van der Waals surface area contributed by atoms with E-state index in [1.807, 2.05) is 0 Å². The van der Waals surface area contributed by atoms with Gasteiger partial charge in [-0.1, -0.05) is 30.3 Å². The minimum Gasteiger partial charge on any atom is -0.365 e. The third-order valence-electron chi connectivity index (χ3n) is 1.75. The summed E-state index contributed by atoms with van der Waals surface area (Å²) in [7, 11) is 0. The number of benzene rings is 1. The fraction of sp³-hybridized carbons (Fsp3) is 0.222. The van der Waals surface area contributed by atoms with Gasteiger partial charge in [0.15, 0.2) is 11.5 Å². The fourth-order valence-corrected chi connectivity index (χ4v) is 0.896. The molecule has 1 aromatic carbocycles. The Bertz CT molecular complexity index is 280. The van der Waals surface area contributed by atoms with Crippen molar-refractivity contribution in [2.24, 2.45) is 5.73 Å². The highest BCUT2D eigenvalue weighted by Gasteiger charge is 2.28. The Morgan fingerprint density at radius 3 is 2.33 bits per heavy atom. The highest BCUT2D eigenvalue weighted by Crippen LogP contribution is 2.14. The number of carbonyl (C=O) groups is 1. The molecule has 0 spiro atoms. The van der Waals surface area contributed by atoms with Crippen molar-refractivity contribution in [2.45, 2.75) is 12.6 Å². The second kappa shape index (κ2) is 3.05. The van der Waals surface area contributed by atoms with Gasteiger partial charge in [0.1, 0.15) is 0 Å². The minimum absolute atomic E-state index is 0.414. The molecule has 12 heavy (non-hydrogen) atoms. The van der Waals surface area contributed by atoms with Crippen molar-refractivity contribution in [3.8, 4) is 0 Å². The summed E-state index contributed by atoms with van der Waals surface area (Å²) in [5.41, 5.74) is 3.96. The molecule has 3 N–H and O–H groups in total. The lowest BCUT2D eigenvalue weighted by atomic mass is 10.0. The second-order valence-corrected chi connectivity index (χ2v) is 2.69. The molecule has 0 radical (unpaired) electrons. The van der Waals surface area contributed by atoms with Crippen LogP contribution in [0, 0.1) is 0 Å². The number of Topliss-reactive ketones (excluding diaryl/α,β-unsaturated/α-hetero) is 1. The van der Waals surface area contributed by atoms with E-state index in [4.69, 9.17) is 5.73 Å². The SMILES string of the molecule is CC(=O)[C@](N)(O)c1ccccc1. The molecule has 1 rings (SSSR count). The van der Waals surface area contributed by atoms with E-state index in [0.717, 1.165) is 0 Å². The Hall–Kier alpha value is -1.19. The van der Waals surface area contributed by atoms with E-state index in [9.17, 15) is 9.90 Å².